The maximum atomic E-state index is 11.3. The molecule has 0 aliphatic rings. The molecule has 0 atom stereocenters. The zero-order valence-corrected chi connectivity index (χ0v) is 11.2. The van der Waals surface area contributed by atoms with Crippen LogP contribution in [0.25, 0.3) is 12.2 Å². The highest BCUT2D eigenvalue weighted by atomic mass is 32.1. The van der Waals surface area contributed by atoms with Gasteiger partial charge in [-0.05, 0) is 41.6 Å². The highest BCUT2D eigenvalue weighted by molar-refractivity contribution is 7.10. The number of benzene rings is 1. The molecular formula is C15H14O2S. The second kappa shape index (κ2) is 5.65. The van der Waals surface area contributed by atoms with Gasteiger partial charge >= 0.3 is 5.97 Å². The number of carbonyl (C=O) groups excluding carboxylic acids is 1. The summed E-state index contributed by atoms with van der Waals surface area (Å²) in [5.41, 5.74) is 2.87. The van der Waals surface area contributed by atoms with E-state index in [9.17, 15) is 4.79 Å². The zero-order valence-electron chi connectivity index (χ0n) is 10.3. The molecule has 18 heavy (non-hydrogen) atoms. The van der Waals surface area contributed by atoms with E-state index in [1.165, 1.54) is 17.6 Å². The number of ether oxygens (including phenoxy) is 1. The van der Waals surface area contributed by atoms with Crippen LogP contribution in [0, 0.1) is 6.92 Å². The standard InChI is InChI=1S/C15H14O2S/c1-11-13(9-10-18-11)6-3-12-4-7-14(8-5-12)15(16)17-2/h3-10H,1-2H3. The first kappa shape index (κ1) is 12.6. The van der Waals surface area contributed by atoms with Crippen LogP contribution >= 0.6 is 11.3 Å². The molecule has 2 aromatic rings. The van der Waals surface area contributed by atoms with Crippen LogP contribution in [-0.2, 0) is 4.74 Å². The van der Waals surface area contributed by atoms with E-state index in [1.807, 2.05) is 18.2 Å². The molecule has 0 amide bonds. The summed E-state index contributed by atoms with van der Waals surface area (Å²) in [5, 5.41) is 2.08. The van der Waals surface area contributed by atoms with Crippen LogP contribution in [0.1, 0.15) is 26.4 Å². The zero-order chi connectivity index (χ0) is 13.0. The molecule has 0 aliphatic heterocycles. The maximum absolute atomic E-state index is 11.3. The van der Waals surface area contributed by atoms with E-state index in [2.05, 4.69) is 29.2 Å². The minimum absolute atomic E-state index is 0.306. The average molecular weight is 258 g/mol. The van der Waals surface area contributed by atoms with Gasteiger partial charge in [0.15, 0.2) is 0 Å². The minimum Gasteiger partial charge on any atom is -0.465 e. The molecule has 0 bridgehead atoms. The lowest BCUT2D eigenvalue weighted by Gasteiger charge is -1.99. The quantitative estimate of drug-likeness (QED) is 0.777. The highest BCUT2D eigenvalue weighted by Gasteiger charge is 2.03. The Labute approximate surface area is 111 Å². The molecule has 92 valence electrons. The second-order valence-corrected chi connectivity index (χ2v) is 5.00. The second-order valence-electron chi connectivity index (χ2n) is 3.88. The third kappa shape index (κ3) is 2.87. The van der Waals surface area contributed by atoms with E-state index in [4.69, 9.17) is 0 Å². The first-order valence-electron chi connectivity index (χ1n) is 5.61. The summed E-state index contributed by atoms with van der Waals surface area (Å²) in [6.07, 6.45) is 4.12. The van der Waals surface area contributed by atoms with E-state index in [1.54, 1.807) is 23.5 Å². The van der Waals surface area contributed by atoms with Gasteiger partial charge in [0.1, 0.15) is 0 Å². The maximum Gasteiger partial charge on any atom is 0.337 e. The van der Waals surface area contributed by atoms with Crippen molar-refractivity contribution in [1.82, 2.24) is 0 Å². The molecule has 2 nitrogen and oxygen atoms in total. The van der Waals surface area contributed by atoms with Crippen molar-refractivity contribution in [3.63, 3.8) is 0 Å². The fourth-order valence-corrected chi connectivity index (χ4v) is 2.29. The van der Waals surface area contributed by atoms with Crippen LogP contribution in [0.2, 0.25) is 0 Å². The molecule has 0 spiro atoms. The lowest BCUT2D eigenvalue weighted by molar-refractivity contribution is 0.0601. The van der Waals surface area contributed by atoms with Gasteiger partial charge in [-0.15, -0.1) is 11.3 Å². The normalized spacial score (nSPS) is 10.8. The number of hydrogen-bond donors (Lipinski definition) is 0. The average Bonchev–Trinajstić information content (AvgIpc) is 2.81. The van der Waals surface area contributed by atoms with Crippen molar-refractivity contribution in [2.75, 3.05) is 7.11 Å². The number of methoxy groups -OCH3 is 1. The van der Waals surface area contributed by atoms with E-state index >= 15 is 0 Å². The molecule has 0 fully saturated rings. The van der Waals surface area contributed by atoms with Crippen molar-refractivity contribution < 1.29 is 9.53 Å². The summed E-state index contributed by atoms with van der Waals surface area (Å²) in [6.45, 7) is 2.10. The summed E-state index contributed by atoms with van der Waals surface area (Å²) < 4.78 is 4.66. The molecule has 0 saturated heterocycles. The Morgan fingerprint density at radius 2 is 1.89 bits per heavy atom. The van der Waals surface area contributed by atoms with Gasteiger partial charge in [-0.2, -0.15) is 0 Å². The molecule has 0 unspecified atom stereocenters. The van der Waals surface area contributed by atoms with Crippen LogP contribution < -0.4 is 0 Å². The number of thiophene rings is 1. The Kier molecular flexibility index (Phi) is 3.95. The summed E-state index contributed by atoms with van der Waals surface area (Å²) >= 11 is 1.74. The van der Waals surface area contributed by atoms with Crippen LogP contribution in [0.4, 0.5) is 0 Å². The van der Waals surface area contributed by atoms with Gasteiger partial charge in [-0.25, -0.2) is 4.79 Å². The van der Waals surface area contributed by atoms with Crippen LogP contribution in [0.15, 0.2) is 35.7 Å². The number of rotatable bonds is 3. The van der Waals surface area contributed by atoms with Crippen molar-refractivity contribution in [3.8, 4) is 0 Å². The van der Waals surface area contributed by atoms with Crippen molar-refractivity contribution in [2.24, 2.45) is 0 Å². The summed E-state index contributed by atoms with van der Waals surface area (Å²) in [7, 11) is 1.38. The topological polar surface area (TPSA) is 26.3 Å². The largest absolute Gasteiger partial charge is 0.465 e. The fourth-order valence-electron chi connectivity index (χ4n) is 1.60. The molecule has 0 aliphatic carbocycles. The number of esters is 1. The lowest BCUT2D eigenvalue weighted by atomic mass is 10.1. The van der Waals surface area contributed by atoms with Gasteiger partial charge in [0, 0.05) is 4.88 Å². The molecular weight excluding hydrogens is 244 g/mol. The van der Waals surface area contributed by atoms with Crippen LogP contribution in [0.5, 0.6) is 0 Å². The van der Waals surface area contributed by atoms with Gasteiger partial charge in [0.05, 0.1) is 12.7 Å². The molecule has 0 radical (unpaired) electrons. The predicted molar refractivity (Wildman–Crippen MR) is 75.8 cm³/mol. The molecule has 0 N–H and O–H groups in total. The summed E-state index contributed by atoms with van der Waals surface area (Å²) in [4.78, 5) is 12.6. The lowest BCUT2D eigenvalue weighted by Crippen LogP contribution is -2.00. The van der Waals surface area contributed by atoms with Gasteiger partial charge in [0.2, 0.25) is 0 Å². The Balaban J connectivity index is 2.14. The van der Waals surface area contributed by atoms with Crippen molar-refractivity contribution in [2.45, 2.75) is 6.92 Å². The van der Waals surface area contributed by atoms with Gasteiger partial charge in [-0.1, -0.05) is 24.3 Å². The molecule has 1 aromatic heterocycles. The Morgan fingerprint density at radius 1 is 1.17 bits per heavy atom. The molecule has 2 rings (SSSR count). The van der Waals surface area contributed by atoms with E-state index < -0.39 is 0 Å². The SMILES string of the molecule is COC(=O)c1ccc(C=Cc2ccsc2C)cc1. The van der Waals surface area contributed by atoms with Crippen molar-refractivity contribution in [3.05, 3.63) is 57.3 Å². The first-order valence-corrected chi connectivity index (χ1v) is 6.49. The first-order chi connectivity index (χ1) is 8.70. The summed E-state index contributed by atoms with van der Waals surface area (Å²) in [5.74, 6) is -0.306. The Morgan fingerprint density at radius 3 is 2.44 bits per heavy atom. The molecule has 1 aromatic carbocycles. The Hall–Kier alpha value is -1.87. The van der Waals surface area contributed by atoms with Gasteiger partial charge in [0.25, 0.3) is 0 Å². The number of carbonyl (C=O) groups is 1. The smallest absolute Gasteiger partial charge is 0.337 e. The van der Waals surface area contributed by atoms with Crippen LogP contribution in [0.3, 0.4) is 0 Å². The number of hydrogen-bond acceptors (Lipinski definition) is 3. The van der Waals surface area contributed by atoms with Gasteiger partial charge in [-0.3, -0.25) is 0 Å². The third-order valence-corrected chi connectivity index (χ3v) is 3.55. The molecule has 0 saturated carbocycles. The fraction of sp³-hybridized carbons (Fsp3) is 0.133. The van der Waals surface area contributed by atoms with Crippen molar-refractivity contribution >= 4 is 29.5 Å². The third-order valence-electron chi connectivity index (χ3n) is 2.69. The highest BCUT2D eigenvalue weighted by Crippen LogP contribution is 2.18. The monoisotopic (exact) mass is 258 g/mol. The van der Waals surface area contributed by atoms with Crippen molar-refractivity contribution in [1.29, 1.82) is 0 Å². The van der Waals surface area contributed by atoms with E-state index in [0.29, 0.717) is 5.56 Å². The van der Waals surface area contributed by atoms with E-state index in [-0.39, 0.29) is 5.97 Å². The van der Waals surface area contributed by atoms with Crippen LogP contribution in [-0.4, -0.2) is 13.1 Å². The predicted octanol–water partition coefficient (Wildman–Crippen LogP) is 4.01. The number of aryl methyl sites for hydroxylation is 1. The molecule has 3 heteroatoms. The van der Waals surface area contributed by atoms with Gasteiger partial charge < -0.3 is 4.74 Å². The van der Waals surface area contributed by atoms with E-state index in [0.717, 1.165) is 5.56 Å². The molecule has 1 heterocycles. The summed E-state index contributed by atoms with van der Waals surface area (Å²) in [6, 6.07) is 9.45. The minimum atomic E-state index is -0.306. The Bertz CT molecular complexity index is 564.